The van der Waals surface area contributed by atoms with Crippen molar-refractivity contribution in [2.24, 2.45) is 5.92 Å². The summed E-state index contributed by atoms with van der Waals surface area (Å²) in [4.78, 5) is 16.1. The molecule has 2 rings (SSSR count). The first-order valence-electron chi connectivity index (χ1n) is 6.73. The van der Waals surface area contributed by atoms with Gasteiger partial charge in [-0.05, 0) is 36.6 Å². The molecular weight excluding hydrogens is 240 g/mol. The van der Waals surface area contributed by atoms with E-state index in [0.717, 1.165) is 18.7 Å². The van der Waals surface area contributed by atoms with E-state index in [1.807, 2.05) is 50.2 Å². The molecule has 1 saturated heterocycles. The lowest BCUT2D eigenvalue weighted by molar-refractivity contribution is 0.0248. The fourth-order valence-electron chi connectivity index (χ4n) is 2.32. The summed E-state index contributed by atoms with van der Waals surface area (Å²) in [5, 5.41) is 9.86. The number of β-amino-alcohol motifs (C(OH)–C–C–N with tert-alkyl or cyclic N) is 1. The number of hydrogen-bond donors (Lipinski definition) is 1. The predicted molar refractivity (Wildman–Crippen MR) is 76.5 cm³/mol. The van der Waals surface area contributed by atoms with E-state index in [1.165, 1.54) is 0 Å². The van der Waals surface area contributed by atoms with Crippen molar-refractivity contribution in [3.8, 4) is 0 Å². The van der Waals surface area contributed by atoms with Crippen LogP contribution in [0.15, 0.2) is 24.3 Å². The Morgan fingerprint density at radius 2 is 1.95 bits per heavy atom. The van der Waals surface area contributed by atoms with Gasteiger partial charge in [0.2, 0.25) is 0 Å². The summed E-state index contributed by atoms with van der Waals surface area (Å²) >= 11 is 0. The van der Waals surface area contributed by atoms with Gasteiger partial charge in [0.1, 0.15) is 0 Å². The van der Waals surface area contributed by atoms with Gasteiger partial charge in [0.15, 0.2) is 0 Å². The SMILES string of the molecule is CC1CCN(C(=O)c2ccc(N(C)C)cc2)CC1O. The van der Waals surface area contributed by atoms with Crippen molar-refractivity contribution in [2.75, 3.05) is 32.1 Å². The Hall–Kier alpha value is -1.55. The molecule has 1 fully saturated rings. The zero-order valence-corrected chi connectivity index (χ0v) is 11.8. The number of rotatable bonds is 2. The number of aliphatic hydroxyl groups excluding tert-OH is 1. The molecule has 1 aromatic rings. The molecule has 1 aliphatic heterocycles. The van der Waals surface area contributed by atoms with Gasteiger partial charge in [-0.25, -0.2) is 0 Å². The molecule has 1 amide bonds. The van der Waals surface area contributed by atoms with Crippen molar-refractivity contribution in [1.82, 2.24) is 4.90 Å². The zero-order valence-electron chi connectivity index (χ0n) is 11.8. The van der Waals surface area contributed by atoms with E-state index in [0.29, 0.717) is 12.1 Å². The van der Waals surface area contributed by atoms with E-state index in [2.05, 4.69) is 0 Å². The summed E-state index contributed by atoms with van der Waals surface area (Å²) in [6, 6.07) is 7.58. The Morgan fingerprint density at radius 3 is 2.47 bits per heavy atom. The van der Waals surface area contributed by atoms with Crippen LogP contribution in [0.2, 0.25) is 0 Å². The molecule has 0 radical (unpaired) electrons. The molecule has 0 saturated carbocycles. The second-order valence-corrected chi connectivity index (χ2v) is 5.53. The fraction of sp³-hybridized carbons (Fsp3) is 0.533. The standard InChI is InChI=1S/C15H22N2O2/c1-11-8-9-17(10-14(11)18)15(19)12-4-6-13(7-5-12)16(2)3/h4-7,11,14,18H,8-10H2,1-3H3. The number of hydrogen-bond acceptors (Lipinski definition) is 3. The first-order chi connectivity index (χ1) is 8.99. The molecule has 0 aromatic heterocycles. The number of carbonyl (C=O) groups is 1. The van der Waals surface area contributed by atoms with Crippen molar-refractivity contribution < 1.29 is 9.90 Å². The van der Waals surface area contributed by atoms with Crippen molar-refractivity contribution in [3.05, 3.63) is 29.8 Å². The minimum Gasteiger partial charge on any atom is -0.391 e. The average molecular weight is 262 g/mol. The van der Waals surface area contributed by atoms with Crippen LogP contribution < -0.4 is 4.90 Å². The van der Waals surface area contributed by atoms with Crippen LogP contribution in [-0.4, -0.2) is 49.2 Å². The van der Waals surface area contributed by atoms with Crippen LogP contribution in [0.1, 0.15) is 23.7 Å². The van der Waals surface area contributed by atoms with E-state index in [9.17, 15) is 9.90 Å². The Bertz CT molecular complexity index is 442. The van der Waals surface area contributed by atoms with Crippen LogP contribution in [0, 0.1) is 5.92 Å². The monoisotopic (exact) mass is 262 g/mol. The summed E-state index contributed by atoms with van der Waals surface area (Å²) < 4.78 is 0. The van der Waals surface area contributed by atoms with Crippen molar-refractivity contribution in [2.45, 2.75) is 19.4 Å². The summed E-state index contributed by atoms with van der Waals surface area (Å²) in [5.74, 6) is 0.288. The Labute approximate surface area is 114 Å². The molecule has 0 spiro atoms. The van der Waals surface area contributed by atoms with Crippen LogP contribution in [0.4, 0.5) is 5.69 Å². The number of piperidine rings is 1. The molecule has 4 heteroatoms. The van der Waals surface area contributed by atoms with Crippen LogP contribution in [0.5, 0.6) is 0 Å². The van der Waals surface area contributed by atoms with Gasteiger partial charge in [-0.15, -0.1) is 0 Å². The van der Waals surface area contributed by atoms with Crippen LogP contribution >= 0.6 is 0 Å². The second-order valence-electron chi connectivity index (χ2n) is 5.53. The highest BCUT2D eigenvalue weighted by atomic mass is 16.3. The molecule has 19 heavy (non-hydrogen) atoms. The van der Waals surface area contributed by atoms with E-state index < -0.39 is 6.10 Å². The van der Waals surface area contributed by atoms with Gasteiger partial charge in [0.25, 0.3) is 5.91 Å². The Morgan fingerprint density at radius 1 is 1.32 bits per heavy atom. The Kier molecular flexibility index (Phi) is 4.10. The number of likely N-dealkylation sites (tertiary alicyclic amines) is 1. The molecular formula is C15H22N2O2. The molecule has 4 nitrogen and oxygen atoms in total. The number of carbonyl (C=O) groups excluding carboxylic acids is 1. The second kappa shape index (κ2) is 5.61. The van der Waals surface area contributed by atoms with Gasteiger partial charge in [-0.2, -0.15) is 0 Å². The van der Waals surface area contributed by atoms with Gasteiger partial charge < -0.3 is 14.9 Å². The molecule has 104 valence electrons. The topological polar surface area (TPSA) is 43.8 Å². The minimum absolute atomic E-state index is 0.0104. The third-order valence-corrected chi connectivity index (χ3v) is 3.84. The van der Waals surface area contributed by atoms with Gasteiger partial charge in [-0.1, -0.05) is 6.92 Å². The lowest BCUT2D eigenvalue weighted by Gasteiger charge is -2.34. The molecule has 1 N–H and O–H groups in total. The summed E-state index contributed by atoms with van der Waals surface area (Å²) in [6.07, 6.45) is 0.460. The summed E-state index contributed by atoms with van der Waals surface area (Å²) in [5.41, 5.74) is 1.76. The normalized spacial score (nSPS) is 23.3. The lowest BCUT2D eigenvalue weighted by Crippen LogP contribution is -2.45. The zero-order chi connectivity index (χ0) is 14.0. The predicted octanol–water partition coefficient (Wildman–Crippen LogP) is 1.60. The molecule has 2 atom stereocenters. The average Bonchev–Trinajstić information content (AvgIpc) is 2.41. The number of amides is 1. The van der Waals surface area contributed by atoms with E-state index in [4.69, 9.17) is 0 Å². The lowest BCUT2D eigenvalue weighted by atomic mass is 9.95. The van der Waals surface area contributed by atoms with E-state index in [1.54, 1.807) is 4.90 Å². The van der Waals surface area contributed by atoms with Crippen LogP contribution in [0.25, 0.3) is 0 Å². The smallest absolute Gasteiger partial charge is 0.253 e. The summed E-state index contributed by atoms with van der Waals surface area (Å²) in [6.45, 7) is 3.19. The highest BCUT2D eigenvalue weighted by molar-refractivity contribution is 5.94. The van der Waals surface area contributed by atoms with Gasteiger partial charge in [-0.3, -0.25) is 4.79 Å². The number of nitrogens with zero attached hydrogens (tertiary/aromatic N) is 2. The molecule has 0 aliphatic carbocycles. The number of anilines is 1. The van der Waals surface area contributed by atoms with Crippen molar-refractivity contribution in [1.29, 1.82) is 0 Å². The maximum atomic E-state index is 12.3. The Balaban J connectivity index is 2.07. The molecule has 0 bridgehead atoms. The van der Waals surface area contributed by atoms with E-state index >= 15 is 0 Å². The molecule has 2 unspecified atom stereocenters. The maximum absolute atomic E-state index is 12.3. The van der Waals surface area contributed by atoms with Crippen molar-refractivity contribution in [3.63, 3.8) is 0 Å². The molecule has 1 aliphatic rings. The van der Waals surface area contributed by atoms with Gasteiger partial charge in [0, 0.05) is 38.4 Å². The first kappa shape index (κ1) is 13.9. The number of aliphatic hydroxyl groups is 1. The third-order valence-electron chi connectivity index (χ3n) is 3.84. The van der Waals surface area contributed by atoms with Crippen LogP contribution in [0.3, 0.4) is 0 Å². The minimum atomic E-state index is -0.404. The third kappa shape index (κ3) is 3.07. The maximum Gasteiger partial charge on any atom is 0.253 e. The molecule has 1 aromatic carbocycles. The quantitative estimate of drug-likeness (QED) is 0.880. The number of benzene rings is 1. The van der Waals surface area contributed by atoms with Gasteiger partial charge >= 0.3 is 0 Å². The molecule has 1 heterocycles. The first-order valence-corrected chi connectivity index (χ1v) is 6.73. The summed E-state index contributed by atoms with van der Waals surface area (Å²) in [7, 11) is 3.94. The van der Waals surface area contributed by atoms with Crippen LogP contribution in [-0.2, 0) is 0 Å². The highest BCUT2D eigenvalue weighted by Gasteiger charge is 2.27. The fourth-order valence-corrected chi connectivity index (χ4v) is 2.32. The highest BCUT2D eigenvalue weighted by Crippen LogP contribution is 2.20. The largest absolute Gasteiger partial charge is 0.391 e. The van der Waals surface area contributed by atoms with Gasteiger partial charge in [0.05, 0.1) is 6.10 Å². The van der Waals surface area contributed by atoms with Crippen molar-refractivity contribution >= 4 is 11.6 Å². The van der Waals surface area contributed by atoms with E-state index in [-0.39, 0.29) is 11.8 Å².